The van der Waals surface area contributed by atoms with Gasteiger partial charge in [-0.25, -0.2) is 9.96 Å². The first-order valence-electron chi connectivity index (χ1n) is 13.0. The number of benzene rings is 3. The summed E-state index contributed by atoms with van der Waals surface area (Å²) in [5.41, 5.74) is 3.38. The molecule has 2 saturated heterocycles. The summed E-state index contributed by atoms with van der Waals surface area (Å²) in [4.78, 5) is 37.2. The minimum atomic E-state index is -0.892. The summed E-state index contributed by atoms with van der Waals surface area (Å²) in [6.07, 6.45) is 0.0111. The van der Waals surface area contributed by atoms with Crippen LogP contribution < -0.4 is 19.6 Å². The fourth-order valence-electron chi connectivity index (χ4n) is 5.19. The monoisotopic (exact) mass is 499 g/mol. The van der Waals surface area contributed by atoms with E-state index in [-0.39, 0.29) is 11.8 Å². The molecule has 2 fully saturated rings. The number of hydroxylamine groups is 1. The molecule has 3 aromatic carbocycles. The van der Waals surface area contributed by atoms with E-state index in [1.807, 2.05) is 49.4 Å². The fraction of sp³-hybridized carbons (Fsp3) is 0.333. The molecule has 37 heavy (non-hydrogen) atoms. The molecular formula is C30H33N3O4. The Balaban J connectivity index is 1.48. The second kappa shape index (κ2) is 10.6. The highest BCUT2D eigenvalue weighted by molar-refractivity contribution is 6.23. The quantitative estimate of drug-likeness (QED) is 0.369. The summed E-state index contributed by atoms with van der Waals surface area (Å²) in [7, 11) is 0. The van der Waals surface area contributed by atoms with Crippen molar-refractivity contribution in [2.75, 3.05) is 34.6 Å². The van der Waals surface area contributed by atoms with Crippen molar-refractivity contribution in [1.82, 2.24) is 0 Å². The summed E-state index contributed by atoms with van der Waals surface area (Å²) < 4.78 is 5.66. The van der Waals surface area contributed by atoms with E-state index >= 15 is 0 Å². The van der Waals surface area contributed by atoms with Crippen LogP contribution in [0.1, 0.15) is 38.8 Å². The van der Waals surface area contributed by atoms with Crippen LogP contribution in [-0.2, 0) is 14.4 Å². The molecule has 2 heterocycles. The van der Waals surface area contributed by atoms with E-state index in [0.717, 1.165) is 36.4 Å². The van der Waals surface area contributed by atoms with Gasteiger partial charge in [0.2, 0.25) is 5.91 Å². The van der Waals surface area contributed by atoms with Crippen LogP contribution in [0.3, 0.4) is 0 Å². The van der Waals surface area contributed by atoms with Gasteiger partial charge in [0.05, 0.1) is 24.0 Å². The number of carbonyl (C=O) groups excluding carboxylic acids is 2. The molecule has 2 aliphatic heterocycles. The molecule has 0 N–H and O–H groups in total. The maximum atomic E-state index is 13.8. The summed E-state index contributed by atoms with van der Waals surface area (Å²) in [6, 6.07) is 24.5. The molecule has 3 unspecified atom stereocenters. The fourth-order valence-corrected chi connectivity index (χ4v) is 5.19. The normalized spacial score (nSPS) is 20.9. The maximum Gasteiger partial charge on any atom is 0.266 e. The second-order valence-corrected chi connectivity index (χ2v) is 9.28. The minimum Gasteiger partial charge on any atom is -0.494 e. The number of imide groups is 1. The molecule has 7 heteroatoms. The van der Waals surface area contributed by atoms with Gasteiger partial charge in [-0.15, -0.1) is 0 Å². The van der Waals surface area contributed by atoms with Gasteiger partial charge in [0.1, 0.15) is 11.7 Å². The first kappa shape index (κ1) is 24.8. The van der Waals surface area contributed by atoms with Crippen LogP contribution in [0.2, 0.25) is 0 Å². The van der Waals surface area contributed by atoms with Crippen molar-refractivity contribution in [2.45, 2.75) is 39.3 Å². The van der Waals surface area contributed by atoms with Gasteiger partial charge >= 0.3 is 0 Å². The highest BCUT2D eigenvalue weighted by Gasteiger charge is 2.60. The highest BCUT2D eigenvalue weighted by Crippen LogP contribution is 2.47. The predicted octanol–water partition coefficient (Wildman–Crippen LogP) is 5.37. The highest BCUT2D eigenvalue weighted by atomic mass is 16.7. The lowest BCUT2D eigenvalue weighted by atomic mass is 9.90. The Bertz CT molecular complexity index is 1230. The third-order valence-electron chi connectivity index (χ3n) is 7.06. The van der Waals surface area contributed by atoms with Crippen molar-refractivity contribution in [1.29, 1.82) is 0 Å². The molecule has 0 aliphatic carbocycles. The second-order valence-electron chi connectivity index (χ2n) is 9.28. The van der Waals surface area contributed by atoms with E-state index < -0.39 is 18.1 Å². The van der Waals surface area contributed by atoms with Crippen LogP contribution >= 0.6 is 0 Å². The number of hydrogen-bond donors (Lipinski definition) is 0. The number of para-hydroxylation sites is 1. The molecule has 192 valence electrons. The van der Waals surface area contributed by atoms with Gasteiger partial charge in [0.25, 0.3) is 5.91 Å². The van der Waals surface area contributed by atoms with E-state index in [1.165, 1.54) is 4.90 Å². The van der Waals surface area contributed by atoms with E-state index in [2.05, 4.69) is 30.9 Å². The number of anilines is 3. The van der Waals surface area contributed by atoms with E-state index in [0.29, 0.717) is 18.0 Å². The molecule has 3 aromatic rings. The number of nitrogens with zero attached hydrogens (tertiary/aromatic N) is 3. The van der Waals surface area contributed by atoms with Crippen molar-refractivity contribution in [2.24, 2.45) is 5.92 Å². The lowest BCUT2D eigenvalue weighted by Crippen LogP contribution is -2.37. The molecule has 7 nitrogen and oxygen atoms in total. The molecule has 0 bridgehead atoms. The van der Waals surface area contributed by atoms with Crippen molar-refractivity contribution in [3.63, 3.8) is 0 Å². The molecular weight excluding hydrogens is 466 g/mol. The SMILES string of the molecule is CCCOc1ccc(N2C(=O)C3ON(c4ccccc4)C(c4ccc(N(CC)CC)cc4)C3C2=O)cc1. The smallest absolute Gasteiger partial charge is 0.266 e. The Labute approximate surface area is 218 Å². The largest absolute Gasteiger partial charge is 0.494 e. The predicted molar refractivity (Wildman–Crippen MR) is 145 cm³/mol. The standard InChI is InChI=1S/C30H33N3O4/c1-4-20-36-25-18-16-23(17-19-25)32-29(34)26-27(21-12-14-22(15-13-21)31(5-2)6-3)33(37-28(26)30(32)35)24-10-8-7-9-11-24/h7-19,26-28H,4-6,20H2,1-3H3. The molecule has 0 radical (unpaired) electrons. The Hall–Kier alpha value is -3.84. The lowest BCUT2D eigenvalue weighted by molar-refractivity contribution is -0.126. The summed E-state index contributed by atoms with van der Waals surface area (Å²) in [6.45, 7) is 8.73. The van der Waals surface area contributed by atoms with Crippen molar-refractivity contribution >= 4 is 28.9 Å². The lowest BCUT2D eigenvalue weighted by Gasteiger charge is -2.29. The van der Waals surface area contributed by atoms with E-state index in [9.17, 15) is 9.59 Å². The van der Waals surface area contributed by atoms with Crippen LogP contribution in [0.4, 0.5) is 17.1 Å². The zero-order valence-corrected chi connectivity index (χ0v) is 21.5. The van der Waals surface area contributed by atoms with Gasteiger partial charge in [-0.2, -0.15) is 0 Å². The van der Waals surface area contributed by atoms with E-state index in [1.54, 1.807) is 29.3 Å². The Morgan fingerprint density at radius 1 is 0.811 bits per heavy atom. The number of rotatable bonds is 9. The van der Waals surface area contributed by atoms with Crippen LogP contribution in [-0.4, -0.2) is 37.6 Å². The first-order chi connectivity index (χ1) is 18.1. The third-order valence-corrected chi connectivity index (χ3v) is 7.06. The van der Waals surface area contributed by atoms with Crippen molar-refractivity contribution in [3.8, 4) is 5.75 Å². The van der Waals surface area contributed by atoms with Crippen molar-refractivity contribution < 1.29 is 19.2 Å². The minimum absolute atomic E-state index is 0.256. The van der Waals surface area contributed by atoms with Gasteiger partial charge in [0.15, 0.2) is 6.10 Å². The van der Waals surface area contributed by atoms with Gasteiger partial charge < -0.3 is 9.64 Å². The van der Waals surface area contributed by atoms with E-state index in [4.69, 9.17) is 9.57 Å². The molecule has 5 rings (SSSR count). The average molecular weight is 500 g/mol. The van der Waals surface area contributed by atoms with Gasteiger partial charge in [-0.05, 0) is 74.4 Å². The summed E-state index contributed by atoms with van der Waals surface area (Å²) in [5, 5.41) is 1.73. The maximum absolute atomic E-state index is 13.8. The number of hydrogen-bond acceptors (Lipinski definition) is 6. The van der Waals surface area contributed by atoms with Gasteiger partial charge in [0, 0.05) is 18.8 Å². The molecule has 0 saturated carbocycles. The molecule has 0 aromatic heterocycles. The third kappa shape index (κ3) is 4.55. The molecule has 0 spiro atoms. The van der Waals surface area contributed by atoms with Crippen molar-refractivity contribution in [3.05, 3.63) is 84.4 Å². The average Bonchev–Trinajstić information content (AvgIpc) is 3.45. The van der Waals surface area contributed by atoms with Gasteiger partial charge in [-0.1, -0.05) is 37.3 Å². The molecule has 2 amide bonds. The zero-order chi connectivity index (χ0) is 25.9. The first-order valence-corrected chi connectivity index (χ1v) is 13.0. The van der Waals surface area contributed by atoms with Crippen LogP contribution in [0.25, 0.3) is 0 Å². The van der Waals surface area contributed by atoms with Gasteiger partial charge in [-0.3, -0.25) is 14.4 Å². The Kier molecular flexibility index (Phi) is 7.15. The Morgan fingerprint density at radius 3 is 2.11 bits per heavy atom. The Morgan fingerprint density at radius 2 is 1.49 bits per heavy atom. The summed E-state index contributed by atoms with van der Waals surface area (Å²) in [5.74, 6) is -0.556. The van der Waals surface area contributed by atoms with Crippen LogP contribution in [0.15, 0.2) is 78.9 Å². The zero-order valence-electron chi connectivity index (χ0n) is 21.5. The number of amides is 2. The number of fused-ring (bicyclic) bond motifs is 1. The molecule has 2 aliphatic rings. The van der Waals surface area contributed by atoms with Crippen LogP contribution in [0.5, 0.6) is 5.75 Å². The summed E-state index contributed by atoms with van der Waals surface area (Å²) >= 11 is 0. The number of carbonyl (C=O) groups is 2. The van der Waals surface area contributed by atoms with Crippen LogP contribution in [0, 0.1) is 5.92 Å². The molecule has 3 atom stereocenters. The topological polar surface area (TPSA) is 62.3 Å². The number of ether oxygens (including phenoxy) is 1.